The number of carbonyl (C=O) groups is 2. The van der Waals surface area contributed by atoms with Crippen molar-refractivity contribution in [2.24, 2.45) is 0 Å². The summed E-state index contributed by atoms with van der Waals surface area (Å²) in [5.41, 5.74) is 1.23. The smallest absolute Gasteiger partial charge is 0.338 e. The lowest BCUT2D eigenvalue weighted by molar-refractivity contribution is 0.0599. The molecule has 0 unspecified atom stereocenters. The van der Waals surface area contributed by atoms with E-state index in [2.05, 4.69) is 22.6 Å². The van der Waals surface area contributed by atoms with E-state index in [9.17, 15) is 9.59 Å². The summed E-state index contributed by atoms with van der Waals surface area (Å²) in [5, 5.41) is 0. The number of furan rings is 1. The molecule has 2 rings (SSSR count). The van der Waals surface area contributed by atoms with Gasteiger partial charge in [0.25, 0.3) is 0 Å². The minimum Gasteiger partial charge on any atom is -0.465 e. The number of hydrogen-bond donors (Lipinski definition) is 0. The highest BCUT2D eigenvalue weighted by atomic mass is 127. The molecule has 1 aromatic carbocycles. The lowest BCUT2D eigenvalue weighted by Crippen LogP contribution is -2.04. The lowest BCUT2D eigenvalue weighted by Gasteiger charge is -2.06. The van der Waals surface area contributed by atoms with Crippen molar-refractivity contribution in [3.63, 3.8) is 0 Å². The molecule has 0 aliphatic carbocycles. The van der Waals surface area contributed by atoms with Gasteiger partial charge in [0.15, 0.2) is 12.0 Å². The average Bonchev–Trinajstić information content (AvgIpc) is 2.86. The van der Waals surface area contributed by atoms with E-state index in [0.717, 1.165) is 9.13 Å². The molecule has 0 fully saturated rings. The third-order valence-electron chi connectivity index (χ3n) is 2.41. The highest BCUT2D eigenvalue weighted by Gasteiger charge is 2.16. The first-order valence-electron chi connectivity index (χ1n) is 5.09. The molecule has 0 amide bonds. The third kappa shape index (κ3) is 2.31. The zero-order chi connectivity index (χ0) is 13.1. The maximum absolute atomic E-state index is 11.6. The van der Waals surface area contributed by atoms with Crippen LogP contribution >= 0.6 is 22.6 Å². The Morgan fingerprint density at radius 3 is 2.72 bits per heavy atom. The Bertz CT molecular complexity index is 601. The maximum Gasteiger partial charge on any atom is 0.338 e. The molecular weight excluding hydrogens is 347 g/mol. The molecule has 0 spiro atoms. The number of halogens is 1. The quantitative estimate of drug-likeness (QED) is 0.482. The minimum atomic E-state index is -0.400. The fourth-order valence-corrected chi connectivity index (χ4v) is 2.40. The van der Waals surface area contributed by atoms with Gasteiger partial charge < -0.3 is 9.15 Å². The van der Waals surface area contributed by atoms with Crippen LogP contribution in [0.1, 0.15) is 20.9 Å². The number of aldehydes is 1. The van der Waals surface area contributed by atoms with Crippen LogP contribution in [0.15, 0.2) is 34.7 Å². The molecule has 0 saturated heterocycles. The van der Waals surface area contributed by atoms with Gasteiger partial charge in [-0.25, -0.2) is 4.79 Å². The minimum absolute atomic E-state index is 0.254. The van der Waals surface area contributed by atoms with Gasteiger partial charge in [-0.1, -0.05) is 12.1 Å². The number of carbonyl (C=O) groups excluding carboxylic acids is 2. The Morgan fingerprint density at radius 1 is 1.33 bits per heavy atom. The van der Waals surface area contributed by atoms with E-state index in [-0.39, 0.29) is 5.76 Å². The average molecular weight is 356 g/mol. The van der Waals surface area contributed by atoms with Crippen LogP contribution in [0.3, 0.4) is 0 Å². The normalized spacial score (nSPS) is 10.1. The molecule has 0 bridgehead atoms. The molecule has 0 radical (unpaired) electrons. The van der Waals surface area contributed by atoms with Crippen molar-refractivity contribution in [3.8, 4) is 11.3 Å². The SMILES string of the molecule is COC(=O)c1cccc(-c2ccc(C=O)o2)c1I. The summed E-state index contributed by atoms with van der Waals surface area (Å²) in [7, 11) is 1.34. The van der Waals surface area contributed by atoms with Gasteiger partial charge in [0.2, 0.25) is 0 Å². The zero-order valence-corrected chi connectivity index (χ0v) is 11.6. The molecule has 0 saturated carbocycles. The van der Waals surface area contributed by atoms with Crippen LogP contribution in [0.5, 0.6) is 0 Å². The van der Waals surface area contributed by atoms with Crippen molar-refractivity contribution in [1.29, 1.82) is 0 Å². The molecule has 0 aliphatic heterocycles. The molecule has 2 aromatic rings. The zero-order valence-electron chi connectivity index (χ0n) is 9.48. The van der Waals surface area contributed by atoms with E-state index in [1.54, 1.807) is 24.3 Å². The number of ether oxygens (including phenoxy) is 1. The summed E-state index contributed by atoms with van der Waals surface area (Å²) in [6.07, 6.45) is 0.639. The first-order chi connectivity index (χ1) is 8.67. The third-order valence-corrected chi connectivity index (χ3v) is 3.57. The molecule has 1 aromatic heterocycles. The standard InChI is InChI=1S/C13H9IO4/c1-17-13(16)10-4-2-3-9(12(10)14)11-6-5-8(7-15)18-11/h2-7H,1H3. The Kier molecular flexibility index (Phi) is 3.81. The van der Waals surface area contributed by atoms with Gasteiger partial charge >= 0.3 is 5.97 Å². The summed E-state index contributed by atoms with van der Waals surface area (Å²) in [6, 6.07) is 8.53. The Labute approximate surface area is 117 Å². The van der Waals surface area contributed by atoms with Crippen molar-refractivity contribution in [1.82, 2.24) is 0 Å². The number of benzene rings is 1. The van der Waals surface area contributed by atoms with Crippen LogP contribution in [-0.4, -0.2) is 19.4 Å². The molecular formula is C13H9IO4. The van der Waals surface area contributed by atoms with E-state index in [1.165, 1.54) is 7.11 Å². The van der Waals surface area contributed by atoms with Crippen LogP contribution in [-0.2, 0) is 4.74 Å². The first-order valence-corrected chi connectivity index (χ1v) is 6.17. The van der Waals surface area contributed by atoms with Gasteiger partial charge in [-0.3, -0.25) is 4.79 Å². The van der Waals surface area contributed by atoms with Crippen LogP contribution < -0.4 is 0 Å². The van der Waals surface area contributed by atoms with E-state index in [0.29, 0.717) is 17.6 Å². The van der Waals surface area contributed by atoms with E-state index in [4.69, 9.17) is 9.15 Å². The van der Waals surface area contributed by atoms with E-state index < -0.39 is 5.97 Å². The second-order valence-electron chi connectivity index (χ2n) is 3.48. The van der Waals surface area contributed by atoms with Crippen molar-refractivity contribution in [2.75, 3.05) is 7.11 Å². The largest absolute Gasteiger partial charge is 0.465 e. The predicted octanol–water partition coefficient (Wildman–Crippen LogP) is 3.15. The number of methoxy groups -OCH3 is 1. The van der Waals surface area contributed by atoms with Gasteiger partial charge in [-0.05, 0) is 40.8 Å². The predicted molar refractivity (Wildman–Crippen MR) is 73.6 cm³/mol. The number of hydrogen-bond acceptors (Lipinski definition) is 4. The van der Waals surface area contributed by atoms with E-state index in [1.807, 2.05) is 6.07 Å². The molecule has 0 atom stereocenters. The van der Waals surface area contributed by atoms with Crippen LogP contribution in [0.4, 0.5) is 0 Å². The molecule has 4 nitrogen and oxygen atoms in total. The Hall–Kier alpha value is -1.63. The van der Waals surface area contributed by atoms with Crippen molar-refractivity contribution in [2.45, 2.75) is 0 Å². The second-order valence-corrected chi connectivity index (χ2v) is 4.56. The summed E-state index contributed by atoms with van der Waals surface area (Å²) < 4.78 is 10.8. The summed E-state index contributed by atoms with van der Waals surface area (Å²) in [6.45, 7) is 0. The van der Waals surface area contributed by atoms with Crippen molar-refractivity contribution in [3.05, 3.63) is 45.2 Å². The highest BCUT2D eigenvalue weighted by Crippen LogP contribution is 2.29. The monoisotopic (exact) mass is 356 g/mol. The topological polar surface area (TPSA) is 56.5 Å². The molecule has 0 N–H and O–H groups in total. The molecule has 18 heavy (non-hydrogen) atoms. The van der Waals surface area contributed by atoms with Gasteiger partial charge in [-0.2, -0.15) is 0 Å². The van der Waals surface area contributed by atoms with Crippen LogP contribution in [0.2, 0.25) is 0 Å². The van der Waals surface area contributed by atoms with Gasteiger partial charge in [0.1, 0.15) is 5.76 Å². The summed E-state index contributed by atoms with van der Waals surface area (Å²) >= 11 is 2.06. The van der Waals surface area contributed by atoms with Crippen LogP contribution in [0, 0.1) is 3.57 Å². The molecule has 0 aliphatic rings. The first kappa shape index (κ1) is 12.8. The van der Waals surface area contributed by atoms with Crippen LogP contribution in [0.25, 0.3) is 11.3 Å². The van der Waals surface area contributed by atoms with Gasteiger partial charge in [0.05, 0.1) is 12.7 Å². The molecule has 5 heteroatoms. The van der Waals surface area contributed by atoms with Crippen molar-refractivity contribution >= 4 is 34.8 Å². The fraction of sp³-hybridized carbons (Fsp3) is 0.0769. The maximum atomic E-state index is 11.6. The Balaban J connectivity index is 2.51. The number of esters is 1. The second kappa shape index (κ2) is 5.34. The molecule has 92 valence electrons. The van der Waals surface area contributed by atoms with Crippen molar-refractivity contribution < 1.29 is 18.7 Å². The van der Waals surface area contributed by atoms with Gasteiger partial charge in [0, 0.05) is 9.13 Å². The summed E-state index contributed by atoms with van der Waals surface area (Å²) in [5.74, 6) is 0.403. The lowest BCUT2D eigenvalue weighted by atomic mass is 10.1. The van der Waals surface area contributed by atoms with E-state index >= 15 is 0 Å². The van der Waals surface area contributed by atoms with Gasteiger partial charge in [-0.15, -0.1) is 0 Å². The Morgan fingerprint density at radius 2 is 2.11 bits per heavy atom. The molecule has 1 heterocycles. The highest BCUT2D eigenvalue weighted by molar-refractivity contribution is 14.1. The fourth-order valence-electron chi connectivity index (χ4n) is 1.55. The summed E-state index contributed by atoms with van der Waals surface area (Å²) in [4.78, 5) is 22.2. The number of rotatable bonds is 3.